The molecular formula is C15H21N5O2. The molecule has 7 nitrogen and oxygen atoms in total. The normalized spacial score (nSPS) is 12.0. The first kappa shape index (κ1) is 16.0. The molecule has 0 aliphatic rings. The highest BCUT2D eigenvalue weighted by atomic mass is 16.5. The average molecular weight is 303 g/mol. The minimum absolute atomic E-state index is 0.0835. The Morgan fingerprint density at radius 2 is 2.18 bits per heavy atom. The molecule has 7 heteroatoms. The van der Waals surface area contributed by atoms with Gasteiger partial charge < -0.3 is 20.1 Å². The minimum atomic E-state index is -0.0835. The number of nitrogens with one attached hydrogen (secondary N) is 2. The van der Waals surface area contributed by atoms with Crippen molar-refractivity contribution in [2.45, 2.75) is 26.4 Å². The van der Waals surface area contributed by atoms with Gasteiger partial charge in [-0.05, 0) is 29.8 Å². The van der Waals surface area contributed by atoms with Gasteiger partial charge in [-0.3, -0.25) is 4.79 Å². The van der Waals surface area contributed by atoms with E-state index >= 15 is 0 Å². The number of benzene rings is 1. The van der Waals surface area contributed by atoms with Crippen LogP contribution in [0, 0.1) is 0 Å². The van der Waals surface area contributed by atoms with E-state index in [0.717, 1.165) is 11.3 Å². The molecule has 118 valence electrons. The summed E-state index contributed by atoms with van der Waals surface area (Å²) in [7, 11) is 3.72. The number of anilines is 2. The number of rotatable bonds is 6. The first-order chi connectivity index (χ1) is 10.5. The van der Waals surface area contributed by atoms with E-state index in [2.05, 4.69) is 20.8 Å². The van der Waals surface area contributed by atoms with Gasteiger partial charge in [-0.2, -0.15) is 4.98 Å². The largest absolute Gasteiger partial charge is 0.344 e. The summed E-state index contributed by atoms with van der Waals surface area (Å²) in [5.41, 5.74) is 1.85. The molecule has 2 rings (SSSR count). The van der Waals surface area contributed by atoms with Gasteiger partial charge in [-0.15, -0.1) is 0 Å². The van der Waals surface area contributed by atoms with Crippen LogP contribution in [0.2, 0.25) is 0 Å². The quantitative estimate of drug-likeness (QED) is 0.848. The molecule has 0 aliphatic carbocycles. The van der Waals surface area contributed by atoms with Gasteiger partial charge in [0.05, 0.1) is 6.54 Å². The third-order valence-electron chi connectivity index (χ3n) is 3.12. The van der Waals surface area contributed by atoms with Gasteiger partial charge in [0.1, 0.15) is 0 Å². The highest BCUT2D eigenvalue weighted by Crippen LogP contribution is 2.18. The van der Waals surface area contributed by atoms with E-state index in [-0.39, 0.29) is 11.9 Å². The van der Waals surface area contributed by atoms with E-state index in [4.69, 9.17) is 4.52 Å². The molecule has 0 saturated heterocycles. The minimum Gasteiger partial charge on any atom is -0.344 e. The Hall–Kier alpha value is -2.41. The molecule has 1 amide bonds. The zero-order valence-corrected chi connectivity index (χ0v) is 13.3. The Labute approximate surface area is 129 Å². The van der Waals surface area contributed by atoms with Crippen LogP contribution in [0.25, 0.3) is 0 Å². The zero-order valence-electron chi connectivity index (χ0n) is 13.3. The molecule has 1 heterocycles. The smallest absolute Gasteiger partial charge is 0.265 e. The number of aromatic nitrogens is 2. The maximum atomic E-state index is 11.1. The van der Waals surface area contributed by atoms with Gasteiger partial charge >= 0.3 is 0 Å². The van der Waals surface area contributed by atoms with Crippen molar-refractivity contribution in [3.8, 4) is 0 Å². The summed E-state index contributed by atoms with van der Waals surface area (Å²) in [5, 5.41) is 9.96. The molecule has 0 bridgehead atoms. The van der Waals surface area contributed by atoms with Crippen molar-refractivity contribution in [1.82, 2.24) is 15.5 Å². The zero-order chi connectivity index (χ0) is 16.1. The molecule has 0 radical (unpaired) electrons. The first-order valence-electron chi connectivity index (χ1n) is 7.06. The van der Waals surface area contributed by atoms with E-state index in [1.807, 2.05) is 45.3 Å². The summed E-state index contributed by atoms with van der Waals surface area (Å²) in [6.07, 6.45) is 0. The molecule has 0 saturated carbocycles. The van der Waals surface area contributed by atoms with E-state index in [1.165, 1.54) is 6.92 Å². The monoisotopic (exact) mass is 303 g/mol. The highest BCUT2D eigenvalue weighted by molar-refractivity contribution is 5.88. The molecular weight excluding hydrogens is 282 g/mol. The Kier molecular flexibility index (Phi) is 5.11. The second-order valence-electron chi connectivity index (χ2n) is 5.29. The topological polar surface area (TPSA) is 83.3 Å². The molecule has 1 aromatic heterocycles. The van der Waals surface area contributed by atoms with Crippen molar-refractivity contribution in [2.75, 3.05) is 24.3 Å². The standard InChI is InChI=1S/C15H21N5O2/c1-10(12-6-5-7-13(8-12)17-11(2)21)16-9-14-18-15(19-22-14)20(3)4/h5-8,10,16H,9H2,1-4H3,(H,17,21)/t10-/m1/s1. The fourth-order valence-corrected chi connectivity index (χ4v) is 1.95. The van der Waals surface area contributed by atoms with Crippen molar-refractivity contribution < 1.29 is 9.32 Å². The van der Waals surface area contributed by atoms with E-state index in [9.17, 15) is 4.79 Å². The molecule has 0 spiro atoms. The summed E-state index contributed by atoms with van der Waals surface area (Å²) < 4.78 is 5.17. The lowest BCUT2D eigenvalue weighted by Gasteiger charge is -2.14. The summed E-state index contributed by atoms with van der Waals surface area (Å²) in [6.45, 7) is 4.01. The van der Waals surface area contributed by atoms with Gasteiger partial charge in [0.25, 0.3) is 5.95 Å². The van der Waals surface area contributed by atoms with Crippen LogP contribution in [-0.4, -0.2) is 30.1 Å². The van der Waals surface area contributed by atoms with E-state index < -0.39 is 0 Å². The molecule has 0 fully saturated rings. The number of hydrogen-bond acceptors (Lipinski definition) is 6. The predicted molar refractivity (Wildman–Crippen MR) is 84.6 cm³/mol. The Balaban J connectivity index is 1.96. The van der Waals surface area contributed by atoms with Crippen molar-refractivity contribution in [2.24, 2.45) is 0 Å². The van der Waals surface area contributed by atoms with Crippen LogP contribution in [0.1, 0.15) is 31.3 Å². The lowest BCUT2D eigenvalue weighted by molar-refractivity contribution is -0.114. The highest BCUT2D eigenvalue weighted by Gasteiger charge is 2.11. The fourth-order valence-electron chi connectivity index (χ4n) is 1.95. The maximum Gasteiger partial charge on any atom is 0.265 e. The number of amides is 1. The Bertz CT molecular complexity index is 638. The van der Waals surface area contributed by atoms with Crippen LogP contribution in [0.15, 0.2) is 28.8 Å². The van der Waals surface area contributed by atoms with Gasteiger partial charge in [-0.25, -0.2) is 0 Å². The molecule has 1 aromatic carbocycles. The summed E-state index contributed by atoms with van der Waals surface area (Å²) in [5.74, 6) is 1.01. The van der Waals surface area contributed by atoms with Crippen molar-refractivity contribution in [3.05, 3.63) is 35.7 Å². The Morgan fingerprint density at radius 1 is 1.41 bits per heavy atom. The molecule has 2 N–H and O–H groups in total. The van der Waals surface area contributed by atoms with Gasteiger partial charge in [-0.1, -0.05) is 12.1 Å². The average Bonchev–Trinajstić information content (AvgIpc) is 2.93. The van der Waals surface area contributed by atoms with E-state index in [0.29, 0.717) is 18.4 Å². The lowest BCUT2D eigenvalue weighted by atomic mass is 10.1. The first-order valence-corrected chi connectivity index (χ1v) is 7.06. The predicted octanol–water partition coefficient (Wildman–Crippen LogP) is 1.94. The second-order valence-corrected chi connectivity index (χ2v) is 5.29. The summed E-state index contributed by atoms with van der Waals surface area (Å²) >= 11 is 0. The van der Waals surface area contributed by atoms with Crippen LogP contribution in [-0.2, 0) is 11.3 Å². The Morgan fingerprint density at radius 3 is 2.82 bits per heavy atom. The number of carbonyl (C=O) groups excluding carboxylic acids is 1. The van der Waals surface area contributed by atoms with Crippen LogP contribution in [0.5, 0.6) is 0 Å². The molecule has 1 atom stereocenters. The molecule has 22 heavy (non-hydrogen) atoms. The van der Waals surface area contributed by atoms with Crippen LogP contribution in [0.4, 0.5) is 11.6 Å². The van der Waals surface area contributed by atoms with Crippen LogP contribution >= 0.6 is 0 Å². The summed E-state index contributed by atoms with van der Waals surface area (Å²) in [6, 6.07) is 7.80. The van der Waals surface area contributed by atoms with Crippen molar-refractivity contribution in [3.63, 3.8) is 0 Å². The molecule has 2 aromatic rings. The SMILES string of the molecule is CC(=O)Nc1cccc([C@@H](C)NCc2nc(N(C)C)no2)c1. The van der Waals surface area contributed by atoms with Gasteiger partial charge in [0.2, 0.25) is 11.8 Å². The third-order valence-corrected chi connectivity index (χ3v) is 3.12. The number of nitrogens with zero attached hydrogens (tertiary/aromatic N) is 3. The van der Waals surface area contributed by atoms with Crippen molar-refractivity contribution in [1.29, 1.82) is 0 Å². The van der Waals surface area contributed by atoms with Crippen LogP contribution in [0.3, 0.4) is 0 Å². The number of hydrogen-bond donors (Lipinski definition) is 2. The van der Waals surface area contributed by atoms with Crippen molar-refractivity contribution >= 4 is 17.5 Å². The lowest BCUT2D eigenvalue weighted by Crippen LogP contribution is -2.19. The maximum absolute atomic E-state index is 11.1. The second kappa shape index (κ2) is 7.04. The fraction of sp³-hybridized carbons (Fsp3) is 0.400. The molecule has 0 unspecified atom stereocenters. The summed E-state index contributed by atoms with van der Waals surface area (Å²) in [4.78, 5) is 17.2. The number of carbonyl (C=O) groups is 1. The van der Waals surface area contributed by atoms with E-state index in [1.54, 1.807) is 4.90 Å². The van der Waals surface area contributed by atoms with Gasteiger partial charge in [0.15, 0.2) is 0 Å². The molecule has 0 aliphatic heterocycles. The third kappa shape index (κ3) is 4.29. The van der Waals surface area contributed by atoms with Gasteiger partial charge in [0, 0.05) is 32.7 Å². The van der Waals surface area contributed by atoms with Crippen LogP contribution < -0.4 is 15.5 Å².